The third-order valence-corrected chi connectivity index (χ3v) is 3.33. The molecule has 4 nitrogen and oxygen atoms in total. The van der Waals surface area contributed by atoms with Crippen molar-refractivity contribution in [3.63, 3.8) is 0 Å². The fourth-order valence-corrected chi connectivity index (χ4v) is 2.11. The summed E-state index contributed by atoms with van der Waals surface area (Å²) in [5.74, 6) is 0.556. The van der Waals surface area contributed by atoms with Crippen LogP contribution in [0.4, 0.5) is 0 Å². The molecule has 1 saturated carbocycles. The Morgan fingerprint density at radius 1 is 1.42 bits per heavy atom. The molecule has 0 radical (unpaired) electrons. The lowest BCUT2D eigenvalue weighted by Crippen LogP contribution is -2.16. The summed E-state index contributed by atoms with van der Waals surface area (Å²) in [7, 11) is 1.26. The normalized spacial score (nSPS) is 16.0. The number of hydrogen-bond acceptors (Lipinski definition) is 4. The van der Waals surface area contributed by atoms with E-state index < -0.39 is 12.1 Å². The van der Waals surface area contributed by atoms with E-state index in [4.69, 9.17) is 4.74 Å². The lowest BCUT2D eigenvalue weighted by atomic mass is 10.0. The van der Waals surface area contributed by atoms with E-state index in [1.807, 2.05) is 19.9 Å². The van der Waals surface area contributed by atoms with E-state index in [-0.39, 0.29) is 0 Å². The van der Waals surface area contributed by atoms with Crippen LogP contribution in [-0.4, -0.2) is 24.8 Å². The summed E-state index contributed by atoms with van der Waals surface area (Å²) in [6, 6.07) is 3.76. The van der Waals surface area contributed by atoms with Crippen molar-refractivity contribution in [2.45, 2.75) is 32.8 Å². The van der Waals surface area contributed by atoms with E-state index in [1.165, 1.54) is 20.0 Å². The SMILES string of the molecule is COC(=O)C(O)c1cc(C)cc(C)c1OCC1CC1. The Balaban J connectivity index is 2.29. The Morgan fingerprint density at radius 2 is 2.11 bits per heavy atom. The van der Waals surface area contributed by atoms with Crippen LogP contribution in [0.25, 0.3) is 0 Å². The Labute approximate surface area is 113 Å². The molecule has 1 aromatic rings. The third-order valence-electron chi connectivity index (χ3n) is 3.33. The van der Waals surface area contributed by atoms with Gasteiger partial charge >= 0.3 is 5.97 Å². The number of aryl methyl sites for hydroxylation is 2. The maximum absolute atomic E-state index is 11.5. The number of esters is 1. The molecule has 0 aromatic heterocycles. The Morgan fingerprint density at radius 3 is 2.68 bits per heavy atom. The summed E-state index contributed by atoms with van der Waals surface area (Å²) in [4.78, 5) is 11.5. The van der Waals surface area contributed by atoms with Gasteiger partial charge in [-0.25, -0.2) is 4.79 Å². The number of methoxy groups -OCH3 is 1. The zero-order chi connectivity index (χ0) is 14.0. The molecule has 1 aliphatic rings. The van der Waals surface area contributed by atoms with Crippen molar-refractivity contribution in [2.24, 2.45) is 5.92 Å². The zero-order valence-corrected chi connectivity index (χ0v) is 11.6. The van der Waals surface area contributed by atoms with Crippen molar-refractivity contribution in [1.29, 1.82) is 0 Å². The molecule has 104 valence electrons. The van der Waals surface area contributed by atoms with Gasteiger partial charge in [0.05, 0.1) is 13.7 Å². The molecule has 1 N–H and O–H groups in total. The molecule has 0 spiro atoms. The topological polar surface area (TPSA) is 55.8 Å². The molecule has 0 heterocycles. The standard InChI is InChI=1S/C15H20O4/c1-9-6-10(2)14(19-8-11-4-5-11)12(7-9)13(16)15(17)18-3/h6-7,11,13,16H,4-5,8H2,1-3H3. The summed E-state index contributed by atoms with van der Waals surface area (Å²) in [5, 5.41) is 10.0. The van der Waals surface area contributed by atoms with Crippen molar-refractivity contribution in [1.82, 2.24) is 0 Å². The molecule has 0 bridgehead atoms. The van der Waals surface area contributed by atoms with Crippen molar-refractivity contribution < 1.29 is 19.4 Å². The number of rotatable bonds is 5. The number of benzene rings is 1. The maximum atomic E-state index is 11.5. The molecule has 19 heavy (non-hydrogen) atoms. The maximum Gasteiger partial charge on any atom is 0.339 e. The molecular weight excluding hydrogens is 244 g/mol. The molecular formula is C15H20O4. The number of aliphatic hydroxyl groups is 1. The molecule has 1 fully saturated rings. The highest BCUT2D eigenvalue weighted by Gasteiger charge is 2.26. The molecule has 0 amide bonds. The predicted molar refractivity (Wildman–Crippen MR) is 71.1 cm³/mol. The second-order valence-corrected chi connectivity index (χ2v) is 5.18. The van der Waals surface area contributed by atoms with Gasteiger partial charge in [-0.1, -0.05) is 11.6 Å². The van der Waals surface area contributed by atoms with E-state index in [0.29, 0.717) is 23.8 Å². The van der Waals surface area contributed by atoms with Crippen LogP contribution in [0, 0.1) is 19.8 Å². The summed E-state index contributed by atoms with van der Waals surface area (Å²) in [6.07, 6.45) is 1.09. The highest BCUT2D eigenvalue weighted by atomic mass is 16.5. The summed E-state index contributed by atoms with van der Waals surface area (Å²) < 4.78 is 10.4. The quantitative estimate of drug-likeness (QED) is 0.829. The van der Waals surface area contributed by atoms with Crippen LogP contribution in [0.1, 0.15) is 35.6 Å². The van der Waals surface area contributed by atoms with Crippen molar-refractivity contribution in [3.05, 3.63) is 28.8 Å². The van der Waals surface area contributed by atoms with E-state index >= 15 is 0 Å². The van der Waals surface area contributed by atoms with Gasteiger partial charge in [0.15, 0.2) is 6.10 Å². The van der Waals surface area contributed by atoms with Gasteiger partial charge in [0.25, 0.3) is 0 Å². The zero-order valence-electron chi connectivity index (χ0n) is 11.6. The van der Waals surface area contributed by atoms with Crippen LogP contribution in [0.2, 0.25) is 0 Å². The fraction of sp³-hybridized carbons (Fsp3) is 0.533. The second kappa shape index (κ2) is 5.61. The minimum atomic E-state index is -1.29. The molecule has 1 aliphatic carbocycles. The number of carbonyl (C=O) groups excluding carboxylic acids is 1. The second-order valence-electron chi connectivity index (χ2n) is 5.18. The summed E-state index contributed by atoms with van der Waals surface area (Å²) in [6.45, 7) is 4.48. The van der Waals surface area contributed by atoms with Gasteiger partial charge < -0.3 is 14.6 Å². The average molecular weight is 264 g/mol. The molecule has 0 aliphatic heterocycles. The van der Waals surface area contributed by atoms with E-state index in [0.717, 1.165) is 11.1 Å². The van der Waals surface area contributed by atoms with Crippen LogP contribution in [0.15, 0.2) is 12.1 Å². The third kappa shape index (κ3) is 3.26. The van der Waals surface area contributed by atoms with Gasteiger partial charge in [-0.3, -0.25) is 0 Å². The van der Waals surface area contributed by atoms with Crippen LogP contribution in [0.3, 0.4) is 0 Å². The number of carbonyl (C=O) groups is 1. The Bertz CT molecular complexity index is 477. The lowest BCUT2D eigenvalue weighted by molar-refractivity contribution is -0.150. The first kappa shape index (κ1) is 13.9. The number of ether oxygens (including phenoxy) is 2. The van der Waals surface area contributed by atoms with Gasteiger partial charge in [0, 0.05) is 5.56 Å². The van der Waals surface area contributed by atoms with Crippen LogP contribution in [-0.2, 0) is 9.53 Å². The molecule has 0 saturated heterocycles. The van der Waals surface area contributed by atoms with Crippen molar-refractivity contribution >= 4 is 5.97 Å². The van der Waals surface area contributed by atoms with Crippen LogP contribution >= 0.6 is 0 Å². The average Bonchev–Trinajstić information content (AvgIpc) is 3.19. The minimum absolute atomic E-state index is 0.491. The smallest absolute Gasteiger partial charge is 0.339 e. The monoisotopic (exact) mass is 264 g/mol. The number of hydrogen-bond donors (Lipinski definition) is 1. The molecule has 2 rings (SSSR count). The van der Waals surface area contributed by atoms with E-state index in [1.54, 1.807) is 6.07 Å². The minimum Gasteiger partial charge on any atom is -0.493 e. The number of aliphatic hydroxyl groups excluding tert-OH is 1. The van der Waals surface area contributed by atoms with Crippen LogP contribution in [0.5, 0.6) is 5.75 Å². The van der Waals surface area contributed by atoms with Gasteiger partial charge in [0.2, 0.25) is 0 Å². The largest absolute Gasteiger partial charge is 0.493 e. The highest BCUT2D eigenvalue weighted by molar-refractivity contribution is 5.77. The van der Waals surface area contributed by atoms with Crippen molar-refractivity contribution in [2.75, 3.05) is 13.7 Å². The summed E-state index contributed by atoms with van der Waals surface area (Å²) >= 11 is 0. The molecule has 4 heteroatoms. The first-order chi connectivity index (χ1) is 9.02. The van der Waals surface area contributed by atoms with Crippen molar-refractivity contribution in [3.8, 4) is 5.75 Å². The molecule has 1 atom stereocenters. The first-order valence-corrected chi connectivity index (χ1v) is 6.52. The van der Waals surface area contributed by atoms with Gasteiger partial charge in [0.1, 0.15) is 5.75 Å². The fourth-order valence-electron chi connectivity index (χ4n) is 2.11. The Kier molecular flexibility index (Phi) is 4.10. The van der Waals surface area contributed by atoms with Gasteiger partial charge in [-0.15, -0.1) is 0 Å². The first-order valence-electron chi connectivity index (χ1n) is 6.52. The highest BCUT2D eigenvalue weighted by Crippen LogP contribution is 2.34. The van der Waals surface area contributed by atoms with E-state index in [9.17, 15) is 9.90 Å². The summed E-state index contributed by atoms with van der Waals surface area (Å²) in [5.41, 5.74) is 2.40. The van der Waals surface area contributed by atoms with E-state index in [2.05, 4.69) is 4.74 Å². The predicted octanol–water partition coefficient (Wildman–Crippen LogP) is 2.30. The Hall–Kier alpha value is -1.55. The molecule has 1 unspecified atom stereocenters. The van der Waals surface area contributed by atoms with Crippen LogP contribution < -0.4 is 4.74 Å². The lowest BCUT2D eigenvalue weighted by Gasteiger charge is -2.18. The van der Waals surface area contributed by atoms with Gasteiger partial charge in [-0.05, 0) is 44.2 Å². The van der Waals surface area contributed by atoms with Gasteiger partial charge in [-0.2, -0.15) is 0 Å². The molecule has 1 aromatic carbocycles.